The molecular weight excluding hydrogens is 354 g/mol. The van der Waals surface area contributed by atoms with Crippen LogP contribution in [0.3, 0.4) is 0 Å². The molecule has 1 heterocycles. The maximum Gasteiger partial charge on any atom is 0.234 e. The molecule has 0 spiro atoms. The number of amides is 1. The van der Waals surface area contributed by atoms with E-state index in [4.69, 9.17) is 4.74 Å². The first-order valence-corrected chi connectivity index (χ1v) is 8.87. The van der Waals surface area contributed by atoms with Crippen molar-refractivity contribution in [2.75, 3.05) is 17.7 Å². The molecule has 2 N–H and O–H groups in total. The van der Waals surface area contributed by atoms with Crippen LogP contribution in [0.5, 0.6) is 11.5 Å². The Kier molecular flexibility index (Phi) is 5.69. The highest BCUT2D eigenvalue weighted by Gasteiger charge is 2.12. The molecule has 9 heteroatoms. The van der Waals surface area contributed by atoms with Crippen LogP contribution < -0.4 is 10.1 Å². The SMILES string of the molecule is CCOc1ccc(NC(=O)CSc2nnnn2-c2ccc(O)cc2)cc1. The van der Waals surface area contributed by atoms with E-state index in [1.165, 1.54) is 16.4 Å². The predicted octanol–water partition coefficient (Wildman–Crippen LogP) is 2.50. The largest absolute Gasteiger partial charge is 0.508 e. The van der Waals surface area contributed by atoms with Crippen molar-refractivity contribution in [2.45, 2.75) is 12.1 Å². The first-order chi connectivity index (χ1) is 12.7. The Balaban J connectivity index is 1.58. The Morgan fingerprint density at radius 2 is 1.92 bits per heavy atom. The molecule has 0 bridgehead atoms. The van der Waals surface area contributed by atoms with Gasteiger partial charge in [-0.15, -0.1) is 5.10 Å². The molecule has 134 valence electrons. The highest BCUT2D eigenvalue weighted by molar-refractivity contribution is 7.99. The average molecular weight is 371 g/mol. The van der Waals surface area contributed by atoms with Gasteiger partial charge in [0.05, 0.1) is 18.0 Å². The summed E-state index contributed by atoms with van der Waals surface area (Å²) in [6, 6.07) is 13.6. The maximum atomic E-state index is 12.1. The first-order valence-electron chi connectivity index (χ1n) is 7.89. The van der Waals surface area contributed by atoms with E-state index < -0.39 is 0 Å². The van der Waals surface area contributed by atoms with E-state index in [2.05, 4.69) is 20.8 Å². The van der Waals surface area contributed by atoms with Crippen molar-refractivity contribution in [1.29, 1.82) is 0 Å². The minimum absolute atomic E-state index is 0.158. The van der Waals surface area contributed by atoms with Crippen molar-refractivity contribution in [3.63, 3.8) is 0 Å². The van der Waals surface area contributed by atoms with Crippen LogP contribution in [-0.2, 0) is 4.79 Å². The fourth-order valence-electron chi connectivity index (χ4n) is 2.15. The number of nitrogens with zero attached hydrogens (tertiary/aromatic N) is 4. The van der Waals surface area contributed by atoms with Crippen molar-refractivity contribution >= 4 is 23.4 Å². The zero-order chi connectivity index (χ0) is 18.4. The third-order valence-corrected chi connectivity index (χ3v) is 4.24. The summed E-state index contributed by atoms with van der Waals surface area (Å²) < 4.78 is 6.88. The number of ether oxygens (including phenoxy) is 1. The molecular formula is C17H17N5O3S. The van der Waals surface area contributed by atoms with Crippen LogP contribution >= 0.6 is 11.8 Å². The third kappa shape index (κ3) is 4.51. The molecule has 0 saturated heterocycles. The van der Waals surface area contributed by atoms with E-state index in [0.29, 0.717) is 23.1 Å². The van der Waals surface area contributed by atoms with Crippen LogP contribution in [0.15, 0.2) is 53.7 Å². The number of anilines is 1. The van der Waals surface area contributed by atoms with Crippen molar-refractivity contribution in [3.8, 4) is 17.2 Å². The summed E-state index contributed by atoms with van der Waals surface area (Å²) in [7, 11) is 0. The molecule has 0 atom stereocenters. The minimum atomic E-state index is -0.167. The number of aromatic nitrogens is 4. The van der Waals surface area contributed by atoms with Crippen LogP contribution in [0, 0.1) is 0 Å². The van der Waals surface area contributed by atoms with Crippen LogP contribution in [-0.4, -0.2) is 43.6 Å². The van der Waals surface area contributed by atoms with Gasteiger partial charge in [0.2, 0.25) is 11.1 Å². The van der Waals surface area contributed by atoms with E-state index in [-0.39, 0.29) is 17.4 Å². The lowest BCUT2D eigenvalue weighted by atomic mass is 10.3. The van der Waals surface area contributed by atoms with Gasteiger partial charge in [0, 0.05) is 5.69 Å². The van der Waals surface area contributed by atoms with Gasteiger partial charge in [-0.25, -0.2) is 0 Å². The highest BCUT2D eigenvalue weighted by Crippen LogP contribution is 2.21. The van der Waals surface area contributed by atoms with Gasteiger partial charge in [-0.3, -0.25) is 4.79 Å². The number of tetrazole rings is 1. The van der Waals surface area contributed by atoms with Crippen LogP contribution in [0.2, 0.25) is 0 Å². The van der Waals surface area contributed by atoms with E-state index in [1.54, 1.807) is 48.5 Å². The van der Waals surface area contributed by atoms with Gasteiger partial charge in [0.1, 0.15) is 11.5 Å². The number of phenolic OH excluding ortho intramolecular Hbond substituents is 1. The van der Waals surface area contributed by atoms with Crippen LogP contribution in [0.4, 0.5) is 5.69 Å². The number of hydrogen-bond acceptors (Lipinski definition) is 7. The number of nitrogens with one attached hydrogen (secondary N) is 1. The lowest BCUT2D eigenvalue weighted by Crippen LogP contribution is -2.14. The fourth-order valence-corrected chi connectivity index (χ4v) is 2.84. The molecule has 8 nitrogen and oxygen atoms in total. The fraction of sp³-hybridized carbons (Fsp3) is 0.176. The van der Waals surface area contributed by atoms with Crippen LogP contribution in [0.25, 0.3) is 5.69 Å². The number of thioether (sulfide) groups is 1. The summed E-state index contributed by atoms with van der Waals surface area (Å²) in [6.45, 7) is 2.51. The van der Waals surface area contributed by atoms with Crippen molar-refractivity contribution < 1.29 is 14.6 Å². The summed E-state index contributed by atoms with van der Waals surface area (Å²) >= 11 is 1.22. The number of rotatable bonds is 7. The van der Waals surface area contributed by atoms with E-state index in [0.717, 1.165) is 5.75 Å². The second-order valence-corrected chi connectivity index (χ2v) is 6.13. The molecule has 0 aliphatic rings. The Labute approximate surface area is 154 Å². The second-order valence-electron chi connectivity index (χ2n) is 5.18. The van der Waals surface area contributed by atoms with Gasteiger partial charge in [-0.2, -0.15) is 4.68 Å². The molecule has 3 rings (SSSR count). The molecule has 0 aliphatic heterocycles. The summed E-state index contributed by atoms with van der Waals surface area (Å²) in [5.74, 6) is 0.907. The molecule has 1 aromatic heterocycles. The van der Waals surface area contributed by atoms with Gasteiger partial charge in [0.25, 0.3) is 0 Å². The Hall–Kier alpha value is -3.07. The van der Waals surface area contributed by atoms with Crippen LogP contribution in [0.1, 0.15) is 6.92 Å². The molecule has 26 heavy (non-hydrogen) atoms. The highest BCUT2D eigenvalue weighted by atomic mass is 32.2. The summed E-state index contributed by atoms with van der Waals surface area (Å²) in [6.07, 6.45) is 0. The topological polar surface area (TPSA) is 102 Å². The van der Waals surface area contributed by atoms with E-state index in [9.17, 15) is 9.90 Å². The Morgan fingerprint density at radius 1 is 1.19 bits per heavy atom. The lowest BCUT2D eigenvalue weighted by molar-refractivity contribution is -0.113. The minimum Gasteiger partial charge on any atom is -0.508 e. The molecule has 0 unspecified atom stereocenters. The number of carbonyl (C=O) groups is 1. The average Bonchev–Trinajstić information content (AvgIpc) is 3.11. The number of aromatic hydroxyl groups is 1. The lowest BCUT2D eigenvalue weighted by Gasteiger charge is -2.07. The summed E-state index contributed by atoms with van der Waals surface area (Å²) in [4.78, 5) is 12.1. The Morgan fingerprint density at radius 3 is 2.62 bits per heavy atom. The van der Waals surface area contributed by atoms with Gasteiger partial charge >= 0.3 is 0 Å². The second kappa shape index (κ2) is 8.34. The van der Waals surface area contributed by atoms with Gasteiger partial charge < -0.3 is 15.2 Å². The maximum absolute atomic E-state index is 12.1. The number of benzene rings is 2. The molecule has 3 aromatic rings. The van der Waals surface area contributed by atoms with Crippen molar-refractivity contribution in [2.24, 2.45) is 0 Å². The smallest absolute Gasteiger partial charge is 0.234 e. The van der Waals surface area contributed by atoms with E-state index in [1.807, 2.05) is 6.92 Å². The molecule has 0 saturated carbocycles. The van der Waals surface area contributed by atoms with Gasteiger partial charge in [-0.1, -0.05) is 11.8 Å². The number of phenols is 1. The van der Waals surface area contributed by atoms with Crippen molar-refractivity contribution in [3.05, 3.63) is 48.5 Å². The van der Waals surface area contributed by atoms with Crippen molar-refractivity contribution in [1.82, 2.24) is 20.2 Å². The van der Waals surface area contributed by atoms with Gasteiger partial charge in [-0.05, 0) is 65.9 Å². The van der Waals surface area contributed by atoms with E-state index >= 15 is 0 Å². The normalized spacial score (nSPS) is 10.5. The Bertz CT molecular complexity index is 865. The zero-order valence-corrected chi connectivity index (χ0v) is 14.8. The monoisotopic (exact) mass is 371 g/mol. The first kappa shape index (κ1) is 17.7. The molecule has 0 aliphatic carbocycles. The molecule has 2 aromatic carbocycles. The molecule has 1 amide bonds. The standard InChI is InChI=1S/C17H17N5O3S/c1-2-25-15-9-3-12(4-10-15)18-16(24)11-26-17-19-20-21-22(17)13-5-7-14(23)8-6-13/h3-10,23H,2,11H2,1H3,(H,18,24). The predicted molar refractivity (Wildman–Crippen MR) is 97.8 cm³/mol. The summed E-state index contributed by atoms with van der Waals surface area (Å²) in [5.41, 5.74) is 1.39. The third-order valence-electron chi connectivity index (χ3n) is 3.32. The molecule has 0 radical (unpaired) electrons. The summed E-state index contributed by atoms with van der Waals surface area (Å²) in [5, 5.41) is 24.1. The number of hydrogen-bond donors (Lipinski definition) is 2. The molecule has 0 fully saturated rings. The quantitative estimate of drug-likeness (QED) is 0.615. The number of carbonyl (C=O) groups excluding carboxylic acids is 1. The van der Waals surface area contributed by atoms with Gasteiger partial charge in [0.15, 0.2) is 0 Å². The zero-order valence-electron chi connectivity index (χ0n) is 14.0.